The molecule has 0 aliphatic carbocycles. The summed E-state index contributed by atoms with van der Waals surface area (Å²) in [7, 11) is 0. The van der Waals surface area contributed by atoms with E-state index in [0.29, 0.717) is 56.2 Å². The fraction of sp³-hybridized carbons (Fsp3) is 0.0571. The zero-order valence-electron chi connectivity index (χ0n) is 21.8. The first-order chi connectivity index (χ1) is 20.0. The Morgan fingerprint density at radius 3 is 1.88 bits per heavy atom. The number of benzene rings is 5. The summed E-state index contributed by atoms with van der Waals surface area (Å²) < 4.78 is 42.7. The Bertz CT molecular complexity index is 2020. The molecular formula is C35H21F2NO3. The normalized spacial score (nSPS) is 14.2. The summed E-state index contributed by atoms with van der Waals surface area (Å²) in [6, 6.07) is 30.0. The maximum absolute atomic E-state index is 15.3. The first-order valence-electron chi connectivity index (χ1n) is 13.3. The molecule has 1 spiro atoms. The maximum atomic E-state index is 15.3. The third kappa shape index (κ3) is 3.16. The standard InChI is InChI=1S/C35H21F2NO3/c1-20-19-40-33-18-23(12-13-24(33)34(20)39)38-29-14-10-21(36)16-27(29)35(28-17-22(37)11-15-30(28)38)25-6-2-4-8-31(25)41-32-9-5-3-7-26(32)35/h2-19H,1H3. The van der Waals surface area contributed by atoms with Crippen molar-refractivity contribution < 1.29 is 17.9 Å². The lowest BCUT2D eigenvalue weighted by atomic mass is 9.61. The van der Waals surface area contributed by atoms with Gasteiger partial charge in [-0.15, -0.1) is 0 Å². The van der Waals surface area contributed by atoms with Gasteiger partial charge in [-0.05, 0) is 78.7 Å². The average Bonchev–Trinajstić information content (AvgIpc) is 2.99. The molecule has 8 rings (SSSR count). The molecule has 198 valence electrons. The van der Waals surface area contributed by atoms with Gasteiger partial charge in [0.1, 0.15) is 28.7 Å². The summed E-state index contributed by atoms with van der Waals surface area (Å²) in [6.07, 6.45) is 1.45. The third-order valence-corrected chi connectivity index (χ3v) is 8.20. The van der Waals surface area contributed by atoms with Crippen LogP contribution in [0.2, 0.25) is 0 Å². The van der Waals surface area contributed by atoms with Crippen molar-refractivity contribution in [2.75, 3.05) is 4.90 Å². The molecule has 2 aliphatic heterocycles. The van der Waals surface area contributed by atoms with Crippen molar-refractivity contribution in [2.24, 2.45) is 0 Å². The van der Waals surface area contributed by atoms with Crippen LogP contribution in [0.3, 0.4) is 0 Å². The van der Waals surface area contributed by atoms with Crippen LogP contribution in [-0.4, -0.2) is 0 Å². The molecule has 0 unspecified atom stereocenters. The Morgan fingerprint density at radius 1 is 0.683 bits per heavy atom. The molecule has 1 aromatic heterocycles. The largest absolute Gasteiger partial charge is 0.464 e. The molecule has 0 saturated heterocycles. The van der Waals surface area contributed by atoms with Crippen molar-refractivity contribution in [3.8, 4) is 11.5 Å². The molecule has 2 aliphatic rings. The molecule has 0 N–H and O–H groups in total. The first kappa shape index (κ1) is 23.6. The minimum Gasteiger partial charge on any atom is -0.464 e. The van der Waals surface area contributed by atoms with Gasteiger partial charge in [0.25, 0.3) is 0 Å². The van der Waals surface area contributed by atoms with Gasteiger partial charge in [-0.3, -0.25) is 4.79 Å². The topological polar surface area (TPSA) is 42.7 Å². The molecule has 6 heteroatoms. The number of hydrogen-bond acceptors (Lipinski definition) is 4. The van der Waals surface area contributed by atoms with Crippen molar-refractivity contribution in [1.29, 1.82) is 0 Å². The van der Waals surface area contributed by atoms with Crippen LogP contribution in [0.5, 0.6) is 11.5 Å². The van der Waals surface area contributed by atoms with E-state index in [0.717, 1.165) is 11.1 Å². The van der Waals surface area contributed by atoms with Crippen LogP contribution < -0.4 is 15.1 Å². The van der Waals surface area contributed by atoms with Crippen LogP contribution in [0.1, 0.15) is 27.8 Å². The van der Waals surface area contributed by atoms with Crippen molar-refractivity contribution in [3.63, 3.8) is 0 Å². The van der Waals surface area contributed by atoms with Crippen molar-refractivity contribution in [3.05, 3.63) is 159 Å². The van der Waals surface area contributed by atoms with Gasteiger partial charge in [0.2, 0.25) is 0 Å². The lowest BCUT2D eigenvalue weighted by molar-refractivity contribution is 0.433. The molecule has 0 fully saturated rings. The van der Waals surface area contributed by atoms with Gasteiger partial charge in [-0.2, -0.15) is 0 Å². The van der Waals surface area contributed by atoms with Crippen LogP contribution >= 0.6 is 0 Å². The highest BCUT2D eigenvalue weighted by Gasteiger charge is 2.51. The fourth-order valence-corrected chi connectivity index (χ4v) is 6.49. The second-order valence-corrected chi connectivity index (χ2v) is 10.4. The number of fused-ring (bicyclic) bond motifs is 9. The zero-order chi connectivity index (χ0) is 27.9. The predicted molar refractivity (Wildman–Crippen MR) is 154 cm³/mol. The molecule has 5 aromatic carbocycles. The molecular weight excluding hydrogens is 520 g/mol. The predicted octanol–water partition coefficient (Wildman–Crippen LogP) is 8.65. The van der Waals surface area contributed by atoms with Crippen molar-refractivity contribution >= 4 is 28.0 Å². The molecule has 6 aromatic rings. The average molecular weight is 542 g/mol. The Morgan fingerprint density at radius 2 is 1.27 bits per heavy atom. The Kier molecular flexibility index (Phi) is 4.83. The molecule has 4 nitrogen and oxygen atoms in total. The number of rotatable bonds is 1. The highest BCUT2D eigenvalue weighted by molar-refractivity contribution is 5.93. The molecule has 3 heterocycles. The number of para-hydroxylation sites is 2. The highest BCUT2D eigenvalue weighted by Crippen LogP contribution is 2.62. The summed E-state index contributed by atoms with van der Waals surface area (Å²) in [6.45, 7) is 1.71. The van der Waals surface area contributed by atoms with Crippen LogP contribution in [-0.2, 0) is 5.41 Å². The van der Waals surface area contributed by atoms with Gasteiger partial charge in [0, 0.05) is 28.4 Å². The van der Waals surface area contributed by atoms with Crippen LogP contribution in [0.15, 0.2) is 119 Å². The number of hydrogen-bond donors (Lipinski definition) is 0. The Hall–Kier alpha value is -5.23. The quantitative estimate of drug-likeness (QED) is 0.209. The summed E-state index contributed by atoms with van der Waals surface area (Å²) in [5.41, 5.74) is 4.75. The second-order valence-electron chi connectivity index (χ2n) is 10.4. The lowest BCUT2D eigenvalue weighted by Crippen LogP contribution is -2.40. The molecule has 41 heavy (non-hydrogen) atoms. The van der Waals surface area contributed by atoms with Crippen LogP contribution in [0, 0.1) is 18.6 Å². The van der Waals surface area contributed by atoms with Crippen molar-refractivity contribution in [2.45, 2.75) is 12.3 Å². The summed E-state index contributed by atoms with van der Waals surface area (Å²) in [5.74, 6) is 0.412. The van der Waals surface area contributed by atoms with E-state index in [1.54, 1.807) is 31.2 Å². The molecule has 0 saturated carbocycles. The van der Waals surface area contributed by atoms with E-state index in [-0.39, 0.29) is 5.43 Å². The van der Waals surface area contributed by atoms with Gasteiger partial charge < -0.3 is 14.1 Å². The summed E-state index contributed by atoms with van der Waals surface area (Å²) >= 11 is 0. The summed E-state index contributed by atoms with van der Waals surface area (Å²) in [4.78, 5) is 14.7. The van der Waals surface area contributed by atoms with Gasteiger partial charge in [-0.1, -0.05) is 36.4 Å². The third-order valence-electron chi connectivity index (χ3n) is 8.20. The molecule has 0 radical (unpaired) electrons. The maximum Gasteiger partial charge on any atom is 0.195 e. The van der Waals surface area contributed by atoms with E-state index < -0.39 is 17.0 Å². The monoisotopic (exact) mass is 541 g/mol. The van der Waals surface area contributed by atoms with Gasteiger partial charge in [0.15, 0.2) is 5.43 Å². The number of anilines is 3. The Balaban J connectivity index is 1.52. The SMILES string of the molecule is Cc1coc2cc(N3c4ccc(F)cc4C4(c5ccccc5Oc5ccccc54)c4cc(F)ccc43)ccc2c1=O. The number of nitrogens with zero attached hydrogens (tertiary/aromatic N) is 1. The van der Waals surface area contributed by atoms with Gasteiger partial charge >= 0.3 is 0 Å². The minimum absolute atomic E-state index is 0.101. The minimum atomic E-state index is -1.07. The van der Waals surface area contributed by atoms with E-state index in [2.05, 4.69) is 0 Å². The number of halogens is 2. The number of aryl methyl sites for hydroxylation is 1. The zero-order valence-corrected chi connectivity index (χ0v) is 21.8. The van der Waals surface area contributed by atoms with E-state index in [1.807, 2.05) is 59.5 Å². The number of ether oxygens (including phenoxy) is 1. The Labute approximate surface area is 233 Å². The lowest BCUT2D eigenvalue weighted by Gasteiger charge is -2.48. The second kappa shape index (κ2) is 8.38. The van der Waals surface area contributed by atoms with E-state index in [4.69, 9.17) is 9.15 Å². The van der Waals surface area contributed by atoms with E-state index in [1.165, 1.54) is 30.5 Å². The van der Waals surface area contributed by atoms with Crippen LogP contribution in [0.4, 0.5) is 25.8 Å². The smallest absolute Gasteiger partial charge is 0.195 e. The van der Waals surface area contributed by atoms with Crippen molar-refractivity contribution in [1.82, 2.24) is 0 Å². The van der Waals surface area contributed by atoms with Gasteiger partial charge in [0.05, 0.1) is 28.4 Å². The first-order valence-corrected chi connectivity index (χ1v) is 13.3. The molecule has 0 bridgehead atoms. The molecule has 0 atom stereocenters. The van der Waals surface area contributed by atoms with E-state index in [9.17, 15) is 4.79 Å². The highest BCUT2D eigenvalue weighted by atomic mass is 19.1. The summed E-state index contributed by atoms with van der Waals surface area (Å²) in [5, 5.41) is 0.466. The molecule has 0 amide bonds. The van der Waals surface area contributed by atoms with E-state index >= 15 is 8.78 Å². The fourth-order valence-electron chi connectivity index (χ4n) is 6.49. The van der Waals surface area contributed by atoms with Gasteiger partial charge in [-0.25, -0.2) is 8.78 Å². The van der Waals surface area contributed by atoms with Crippen LogP contribution in [0.25, 0.3) is 11.0 Å².